The molecule has 23 heavy (non-hydrogen) atoms. The van der Waals surface area contributed by atoms with Crippen molar-refractivity contribution in [3.8, 4) is 5.75 Å². The summed E-state index contributed by atoms with van der Waals surface area (Å²) in [4.78, 5) is 35.4. The Morgan fingerprint density at radius 2 is 1.57 bits per heavy atom. The molecule has 0 radical (unpaired) electrons. The fraction of sp³-hybridized carbons (Fsp3) is 0.167. The smallest absolute Gasteiger partial charge is 0.431 e. The number of hydrogen-bond acceptors (Lipinski definition) is 5. The zero-order valence-electron chi connectivity index (χ0n) is 12.8. The molecule has 0 bridgehead atoms. The van der Waals surface area contributed by atoms with E-state index in [1.165, 1.54) is 12.1 Å². The highest BCUT2D eigenvalue weighted by Crippen LogP contribution is 2.23. The van der Waals surface area contributed by atoms with E-state index < -0.39 is 11.9 Å². The van der Waals surface area contributed by atoms with Gasteiger partial charge in [0, 0.05) is 11.1 Å². The number of benzene rings is 2. The lowest BCUT2D eigenvalue weighted by atomic mass is 9.98. The molecule has 0 saturated carbocycles. The van der Waals surface area contributed by atoms with Crippen molar-refractivity contribution in [3.63, 3.8) is 0 Å². The molecule has 0 saturated heterocycles. The van der Waals surface area contributed by atoms with Crippen LogP contribution in [0.25, 0.3) is 0 Å². The van der Waals surface area contributed by atoms with Crippen LogP contribution in [-0.4, -0.2) is 24.3 Å². The molecule has 0 atom stereocenters. The highest BCUT2D eigenvalue weighted by Gasteiger charge is 2.19. The number of rotatable bonds is 5. The Balaban J connectivity index is 2.34. The number of ketones is 1. The molecule has 0 aliphatic heterocycles. The third-order valence-electron chi connectivity index (χ3n) is 2.99. The van der Waals surface area contributed by atoms with Gasteiger partial charge in [-0.15, -0.1) is 0 Å². The summed E-state index contributed by atoms with van der Waals surface area (Å²) in [5.41, 5.74) is 0.704. The van der Waals surface area contributed by atoms with Gasteiger partial charge in [0.05, 0.1) is 11.7 Å². The molecule has 0 fully saturated rings. The molecule has 2 aromatic rings. The molecule has 2 rings (SSSR count). The average Bonchev–Trinajstić information content (AvgIpc) is 2.54. The zero-order chi connectivity index (χ0) is 16.8. The maximum atomic E-state index is 12.7. The van der Waals surface area contributed by atoms with E-state index in [4.69, 9.17) is 9.47 Å². The molecular weight excluding hydrogens is 296 g/mol. The van der Waals surface area contributed by atoms with Crippen molar-refractivity contribution in [2.45, 2.75) is 20.0 Å². The number of hydrogen-bond donors (Lipinski definition) is 0. The topological polar surface area (TPSA) is 69.7 Å². The molecule has 2 aromatic carbocycles. The summed E-state index contributed by atoms with van der Waals surface area (Å²) in [6.45, 7) is 3.39. The Labute approximate surface area is 133 Å². The van der Waals surface area contributed by atoms with Crippen LogP contribution >= 0.6 is 0 Å². The second-order valence-electron chi connectivity index (χ2n) is 5.05. The molecule has 118 valence electrons. The fourth-order valence-electron chi connectivity index (χ4n) is 2.00. The van der Waals surface area contributed by atoms with Gasteiger partial charge in [0.15, 0.2) is 12.1 Å². The first-order valence-electron chi connectivity index (χ1n) is 7.09. The van der Waals surface area contributed by atoms with Gasteiger partial charge in [-0.2, -0.15) is 0 Å². The van der Waals surface area contributed by atoms with E-state index in [0.29, 0.717) is 6.29 Å². The Kier molecular flexibility index (Phi) is 5.25. The van der Waals surface area contributed by atoms with E-state index in [1.54, 1.807) is 50.2 Å². The van der Waals surface area contributed by atoms with Gasteiger partial charge in [0.25, 0.3) is 0 Å². The van der Waals surface area contributed by atoms with E-state index >= 15 is 0 Å². The molecule has 5 nitrogen and oxygen atoms in total. The van der Waals surface area contributed by atoms with Crippen molar-refractivity contribution in [2.75, 3.05) is 0 Å². The van der Waals surface area contributed by atoms with Crippen molar-refractivity contribution in [1.82, 2.24) is 0 Å². The maximum Gasteiger partial charge on any atom is 0.514 e. The first-order valence-corrected chi connectivity index (χ1v) is 7.09. The first-order chi connectivity index (χ1) is 11.0. The van der Waals surface area contributed by atoms with Gasteiger partial charge in [-0.25, -0.2) is 4.79 Å². The fourth-order valence-corrected chi connectivity index (χ4v) is 2.00. The minimum absolute atomic E-state index is 0.0869. The van der Waals surface area contributed by atoms with Gasteiger partial charge in [-0.3, -0.25) is 9.59 Å². The van der Waals surface area contributed by atoms with Gasteiger partial charge in [0.2, 0.25) is 0 Å². The summed E-state index contributed by atoms with van der Waals surface area (Å²) in [6.07, 6.45) is -0.603. The van der Waals surface area contributed by atoms with Crippen molar-refractivity contribution < 1.29 is 23.9 Å². The van der Waals surface area contributed by atoms with Crippen LogP contribution in [0.2, 0.25) is 0 Å². The normalized spacial score (nSPS) is 10.2. The molecule has 0 unspecified atom stereocenters. The first kappa shape index (κ1) is 16.4. The summed E-state index contributed by atoms with van der Waals surface area (Å²) < 4.78 is 10.0. The predicted molar refractivity (Wildman–Crippen MR) is 83.9 cm³/mol. The number of aldehydes is 1. The number of carbonyl (C=O) groups is 3. The SMILES string of the molecule is CC(C)OC(=O)Oc1ccccc1C(=O)c1ccccc1C=O. The lowest BCUT2D eigenvalue weighted by Gasteiger charge is -2.11. The second kappa shape index (κ2) is 7.35. The number of carbonyl (C=O) groups excluding carboxylic acids is 3. The van der Waals surface area contributed by atoms with Crippen LogP contribution in [-0.2, 0) is 4.74 Å². The molecule has 0 aliphatic rings. The minimum Gasteiger partial charge on any atom is -0.431 e. The van der Waals surface area contributed by atoms with Crippen molar-refractivity contribution >= 4 is 18.2 Å². The maximum absolute atomic E-state index is 12.7. The molecule has 0 spiro atoms. The quantitative estimate of drug-likeness (QED) is 0.365. The Morgan fingerprint density at radius 1 is 0.957 bits per heavy atom. The van der Waals surface area contributed by atoms with Gasteiger partial charge in [-0.1, -0.05) is 36.4 Å². The van der Waals surface area contributed by atoms with E-state index in [1.807, 2.05) is 0 Å². The van der Waals surface area contributed by atoms with Crippen molar-refractivity contribution in [1.29, 1.82) is 0 Å². The summed E-state index contributed by atoms with van der Waals surface area (Å²) in [7, 11) is 0. The van der Waals surface area contributed by atoms with Gasteiger partial charge >= 0.3 is 6.16 Å². The van der Waals surface area contributed by atoms with Crippen LogP contribution in [0.5, 0.6) is 5.75 Å². The lowest BCUT2D eigenvalue weighted by molar-refractivity contribution is 0.0725. The van der Waals surface area contributed by atoms with Crippen molar-refractivity contribution in [3.05, 3.63) is 65.2 Å². The molecule has 0 aliphatic carbocycles. The molecule has 5 heteroatoms. The summed E-state index contributed by atoms with van der Waals surface area (Å²) in [5, 5.41) is 0. The van der Waals surface area contributed by atoms with E-state index in [0.717, 1.165) is 0 Å². The van der Waals surface area contributed by atoms with Crippen LogP contribution < -0.4 is 4.74 Å². The van der Waals surface area contributed by atoms with Crippen LogP contribution in [0, 0.1) is 0 Å². The van der Waals surface area contributed by atoms with Crippen LogP contribution in [0.15, 0.2) is 48.5 Å². The number of para-hydroxylation sites is 1. The number of ether oxygens (including phenoxy) is 2. The van der Waals surface area contributed by atoms with Gasteiger partial charge in [0.1, 0.15) is 5.75 Å². The van der Waals surface area contributed by atoms with Crippen LogP contribution in [0.3, 0.4) is 0 Å². The van der Waals surface area contributed by atoms with E-state index in [2.05, 4.69) is 0 Å². The van der Waals surface area contributed by atoms with E-state index in [9.17, 15) is 14.4 Å². The Hall–Kier alpha value is -2.95. The molecule has 0 heterocycles. The highest BCUT2D eigenvalue weighted by molar-refractivity contribution is 6.14. The third-order valence-corrected chi connectivity index (χ3v) is 2.99. The van der Waals surface area contributed by atoms with Gasteiger partial charge in [-0.05, 0) is 26.0 Å². The standard InChI is InChI=1S/C18H16O5/c1-12(2)22-18(21)23-16-10-6-5-9-15(16)17(20)14-8-4-3-7-13(14)11-19/h3-12H,1-2H3. The third kappa shape index (κ3) is 4.03. The molecule has 0 N–H and O–H groups in total. The highest BCUT2D eigenvalue weighted by atomic mass is 16.7. The summed E-state index contributed by atoms with van der Waals surface area (Å²) >= 11 is 0. The molecule has 0 amide bonds. The second-order valence-corrected chi connectivity index (χ2v) is 5.05. The summed E-state index contributed by atoms with van der Waals surface area (Å²) in [5.74, 6) is -0.315. The van der Waals surface area contributed by atoms with Gasteiger partial charge < -0.3 is 9.47 Å². The van der Waals surface area contributed by atoms with E-state index in [-0.39, 0.29) is 28.5 Å². The Bertz CT molecular complexity index is 734. The average molecular weight is 312 g/mol. The zero-order valence-corrected chi connectivity index (χ0v) is 12.8. The minimum atomic E-state index is -0.885. The van der Waals surface area contributed by atoms with Crippen LogP contribution in [0.1, 0.15) is 40.1 Å². The molecular formula is C18H16O5. The monoisotopic (exact) mass is 312 g/mol. The molecule has 0 aromatic heterocycles. The van der Waals surface area contributed by atoms with Crippen molar-refractivity contribution in [2.24, 2.45) is 0 Å². The summed E-state index contributed by atoms with van der Waals surface area (Å²) in [6, 6.07) is 12.8. The Morgan fingerprint density at radius 3 is 2.22 bits per heavy atom. The van der Waals surface area contributed by atoms with Crippen LogP contribution in [0.4, 0.5) is 4.79 Å². The lowest BCUT2D eigenvalue weighted by Crippen LogP contribution is -2.17. The largest absolute Gasteiger partial charge is 0.514 e. The predicted octanol–water partition coefficient (Wildman–Crippen LogP) is 3.65.